The van der Waals surface area contributed by atoms with Gasteiger partial charge in [0.2, 0.25) is 5.91 Å². The van der Waals surface area contributed by atoms with Crippen LogP contribution in [0.3, 0.4) is 0 Å². The minimum Gasteiger partial charge on any atom is -0.457 e. The molecule has 10 heteroatoms. The van der Waals surface area contributed by atoms with Gasteiger partial charge in [0, 0.05) is 25.4 Å². The number of anilines is 2. The Morgan fingerprint density at radius 1 is 0.875 bits per heavy atom. The lowest BCUT2D eigenvalue weighted by Crippen LogP contribution is -2.25. The molecule has 40 heavy (non-hydrogen) atoms. The van der Waals surface area contributed by atoms with E-state index >= 15 is 0 Å². The highest BCUT2D eigenvalue weighted by atomic mass is 16.5. The lowest BCUT2D eigenvalue weighted by Gasteiger charge is -2.16. The van der Waals surface area contributed by atoms with E-state index in [0.717, 1.165) is 0 Å². The van der Waals surface area contributed by atoms with Crippen molar-refractivity contribution in [1.82, 2.24) is 24.0 Å². The molecule has 0 radical (unpaired) electrons. The number of nitrogen functional groups attached to an aromatic ring is 1. The van der Waals surface area contributed by atoms with Crippen LogP contribution >= 0.6 is 0 Å². The van der Waals surface area contributed by atoms with Crippen molar-refractivity contribution in [2.45, 2.75) is 0 Å². The van der Waals surface area contributed by atoms with Gasteiger partial charge in [0.1, 0.15) is 23.3 Å². The molecule has 2 heterocycles. The zero-order valence-corrected chi connectivity index (χ0v) is 22.4. The number of benzene rings is 3. The number of aromatic nitrogens is 4. The van der Waals surface area contributed by atoms with Gasteiger partial charge in [-0.25, -0.2) is 19.3 Å². The molecule has 0 atom stereocenters. The summed E-state index contributed by atoms with van der Waals surface area (Å²) in [6, 6.07) is 23.7. The van der Waals surface area contributed by atoms with E-state index in [1.807, 2.05) is 55.4 Å². The van der Waals surface area contributed by atoms with Gasteiger partial charge in [-0.15, -0.1) is 0 Å². The van der Waals surface area contributed by atoms with Gasteiger partial charge in [-0.3, -0.25) is 9.36 Å². The largest absolute Gasteiger partial charge is 0.457 e. The minimum atomic E-state index is -0.359. The molecular formula is C30H29N7O3. The van der Waals surface area contributed by atoms with Gasteiger partial charge in [0.15, 0.2) is 11.5 Å². The van der Waals surface area contributed by atoms with Gasteiger partial charge in [-0.2, -0.15) is 0 Å². The molecule has 2 N–H and O–H groups in total. The smallest absolute Gasteiger partial charge is 0.339 e. The molecular weight excluding hydrogens is 506 g/mol. The average molecular weight is 536 g/mol. The van der Waals surface area contributed by atoms with Crippen LogP contribution in [0.2, 0.25) is 0 Å². The zero-order valence-electron chi connectivity index (χ0n) is 22.4. The molecule has 0 aliphatic heterocycles. The first kappa shape index (κ1) is 26.4. The second-order valence-corrected chi connectivity index (χ2v) is 9.37. The van der Waals surface area contributed by atoms with Crippen molar-refractivity contribution < 1.29 is 9.53 Å². The predicted molar refractivity (Wildman–Crippen MR) is 156 cm³/mol. The van der Waals surface area contributed by atoms with E-state index < -0.39 is 0 Å². The number of hydrogen-bond acceptors (Lipinski definition) is 7. The zero-order chi connectivity index (χ0) is 28.2. The highest BCUT2D eigenvalue weighted by Crippen LogP contribution is 2.26. The monoisotopic (exact) mass is 535 g/mol. The van der Waals surface area contributed by atoms with E-state index in [4.69, 9.17) is 10.5 Å². The number of ether oxygens (including phenoxy) is 1. The van der Waals surface area contributed by atoms with E-state index in [9.17, 15) is 9.59 Å². The van der Waals surface area contributed by atoms with Gasteiger partial charge >= 0.3 is 5.69 Å². The lowest BCUT2D eigenvalue weighted by atomic mass is 10.2. The molecule has 0 saturated carbocycles. The third kappa shape index (κ3) is 5.33. The van der Waals surface area contributed by atoms with Crippen LogP contribution in [-0.2, 0) is 4.79 Å². The third-order valence-corrected chi connectivity index (χ3v) is 6.28. The summed E-state index contributed by atoms with van der Waals surface area (Å²) < 4.78 is 8.85. The van der Waals surface area contributed by atoms with Crippen LogP contribution in [0.25, 0.3) is 22.5 Å². The number of rotatable bonds is 8. The van der Waals surface area contributed by atoms with Crippen molar-refractivity contribution in [3.8, 4) is 22.9 Å². The van der Waals surface area contributed by atoms with Gasteiger partial charge < -0.3 is 20.3 Å². The van der Waals surface area contributed by atoms with Gasteiger partial charge in [-0.1, -0.05) is 24.3 Å². The van der Waals surface area contributed by atoms with Crippen LogP contribution in [0.1, 0.15) is 0 Å². The summed E-state index contributed by atoms with van der Waals surface area (Å²) in [5, 5.41) is 0. The number of amides is 1. The normalized spacial score (nSPS) is 11.4. The summed E-state index contributed by atoms with van der Waals surface area (Å²) in [4.78, 5) is 38.4. The van der Waals surface area contributed by atoms with Crippen LogP contribution in [0, 0.1) is 0 Å². The number of carbonyl (C=O) groups excluding carboxylic acids is 1. The summed E-state index contributed by atoms with van der Waals surface area (Å²) >= 11 is 0. The molecule has 0 aliphatic rings. The molecule has 202 valence electrons. The molecule has 5 aromatic rings. The van der Waals surface area contributed by atoms with E-state index in [1.165, 1.54) is 15.5 Å². The number of hydrogen-bond donors (Lipinski definition) is 1. The second kappa shape index (κ2) is 11.3. The molecule has 0 fully saturated rings. The fraction of sp³-hybridized carbons (Fsp3) is 0.133. The molecule has 3 aromatic carbocycles. The van der Waals surface area contributed by atoms with Crippen molar-refractivity contribution in [2.24, 2.45) is 0 Å². The minimum absolute atomic E-state index is 0.149. The van der Waals surface area contributed by atoms with Crippen molar-refractivity contribution in [2.75, 3.05) is 38.3 Å². The number of nitrogens with zero attached hydrogens (tertiary/aromatic N) is 6. The van der Waals surface area contributed by atoms with E-state index in [1.54, 1.807) is 66.6 Å². The van der Waals surface area contributed by atoms with Crippen molar-refractivity contribution in [3.63, 3.8) is 0 Å². The average Bonchev–Trinajstić information content (AvgIpc) is 3.26. The molecule has 0 unspecified atom stereocenters. The number of carbonyl (C=O) groups is 1. The Balaban J connectivity index is 1.49. The first-order valence-electron chi connectivity index (χ1n) is 12.6. The lowest BCUT2D eigenvalue weighted by molar-refractivity contribution is -0.113. The van der Waals surface area contributed by atoms with Crippen LogP contribution in [-0.4, -0.2) is 57.6 Å². The summed E-state index contributed by atoms with van der Waals surface area (Å²) in [6.07, 6.45) is 4.68. The number of likely N-dealkylation sites (N-methyl/N-ethyl adjacent to an activating group) is 2. The highest BCUT2D eigenvalue weighted by molar-refractivity contribution is 6.01. The summed E-state index contributed by atoms with van der Waals surface area (Å²) in [5.41, 5.74) is 8.48. The fourth-order valence-electron chi connectivity index (χ4n) is 4.24. The van der Waals surface area contributed by atoms with Crippen LogP contribution in [0.4, 0.5) is 11.5 Å². The van der Waals surface area contributed by atoms with Gasteiger partial charge in [-0.05, 0) is 74.8 Å². The van der Waals surface area contributed by atoms with Crippen molar-refractivity contribution in [3.05, 3.63) is 108 Å². The fourth-order valence-corrected chi connectivity index (χ4v) is 4.24. The Bertz CT molecular complexity index is 1720. The molecule has 10 nitrogen and oxygen atoms in total. The van der Waals surface area contributed by atoms with Crippen LogP contribution in [0.5, 0.6) is 11.5 Å². The standard InChI is InChI=1S/C30H29N7O3/c1-34(2)19-7-10-26(38)35(3)21-11-13-23(14-12-21)37-29-27(28(31)32-20-33-29)36(30(37)39)22-15-17-25(18-16-22)40-24-8-5-4-6-9-24/h4-18,20H,19H2,1-3H3,(H2,31,32,33)/b10-7+. The Labute approximate surface area is 231 Å². The number of nitrogens with two attached hydrogens (primary N) is 1. The van der Waals surface area contributed by atoms with Crippen molar-refractivity contribution >= 4 is 28.6 Å². The Kier molecular flexibility index (Phi) is 7.43. The van der Waals surface area contributed by atoms with E-state index in [-0.39, 0.29) is 17.4 Å². The number of imidazole rings is 1. The Morgan fingerprint density at radius 3 is 2.17 bits per heavy atom. The highest BCUT2D eigenvalue weighted by Gasteiger charge is 2.20. The Hall–Kier alpha value is -5.22. The first-order chi connectivity index (χ1) is 19.3. The van der Waals surface area contributed by atoms with Crippen LogP contribution < -0.4 is 21.1 Å². The SMILES string of the molecule is CN(C)C/C=C/C(=O)N(C)c1ccc(-n2c(=O)n(-c3ccc(Oc4ccccc4)cc3)c3c(N)ncnc32)cc1. The predicted octanol–water partition coefficient (Wildman–Crippen LogP) is 4.03. The quantitative estimate of drug-likeness (QED) is 0.299. The molecule has 2 aromatic heterocycles. The summed E-state index contributed by atoms with van der Waals surface area (Å²) in [7, 11) is 5.57. The van der Waals surface area contributed by atoms with E-state index in [2.05, 4.69) is 9.97 Å². The molecule has 0 saturated heterocycles. The van der Waals surface area contributed by atoms with Crippen molar-refractivity contribution in [1.29, 1.82) is 0 Å². The third-order valence-electron chi connectivity index (χ3n) is 6.28. The first-order valence-corrected chi connectivity index (χ1v) is 12.6. The van der Waals surface area contributed by atoms with Gasteiger partial charge in [0.05, 0.1) is 11.4 Å². The maximum absolute atomic E-state index is 13.8. The molecule has 1 amide bonds. The number of fused-ring (bicyclic) bond motifs is 1. The summed E-state index contributed by atoms with van der Waals surface area (Å²) in [6.45, 7) is 0.666. The summed E-state index contributed by atoms with van der Waals surface area (Å²) in [5.74, 6) is 1.37. The molecule has 0 spiro atoms. The van der Waals surface area contributed by atoms with E-state index in [0.29, 0.717) is 46.3 Å². The Morgan fingerprint density at radius 2 is 1.50 bits per heavy atom. The maximum Gasteiger partial charge on any atom is 0.339 e. The molecule has 0 aliphatic carbocycles. The molecule has 0 bridgehead atoms. The van der Waals surface area contributed by atoms with Crippen LogP contribution in [0.15, 0.2) is 102 Å². The number of para-hydroxylation sites is 1. The maximum atomic E-state index is 13.8. The van der Waals surface area contributed by atoms with Gasteiger partial charge in [0.25, 0.3) is 0 Å². The molecule has 5 rings (SSSR count). The second-order valence-electron chi connectivity index (χ2n) is 9.37. The topological polar surface area (TPSA) is 112 Å².